The molecule has 1 aliphatic carbocycles. The van der Waals surface area contributed by atoms with E-state index in [1.54, 1.807) is 0 Å². The van der Waals surface area contributed by atoms with Crippen LogP contribution in [0.3, 0.4) is 0 Å². The molecule has 0 aromatic heterocycles. The molecule has 1 saturated heterocycles. The van der Waals surface area contributed by atoms with Gasteiger partial charge in [-0.25, -0.2) is 0 Å². The number of hydrogen-bond donors (Lipinski definition) is 1. The van der Waals surface area contributed by atoms with Crippen molar-refractivity contribution >= 4 is 0 Å². The Morgan fingerprint density at radius 3 is 2.62 bits per heavy atom. The van der Waals surface area contributed by atoms with Gasteiger partial charge in [0.15, 0.2) is 0 Å². The van der Waals surface area contributed by atoms with E-state index in [2.05, 4.69) is 36.1 Å². The molecule has 1 heterocycles. The maximum atomic E-state index is 3.28. The number of likely N-dealkylation sites (N-methyl/N-ethyl adjacent to an activating group) is 1. The lowest BCUT2D eigenvalue weighted by atomic mass is 10.1. The van der Waals surface area contributed by atoms with Crippen molar-refractivity contribution in [3.05, 3.63) is 0 Å². The first-order valence-corrected chi connectivity index (χ1v) is 6.83. The van der Waals surface area contributed by atoms with Crippen LogP contribution in [0.15, 0.2) is 0 Å². The van der Waals surface area contributed by atoms with Crippen molar-refractivity contribution < 1.29 is 0 Å². The second-order valence-electron chi connectivity index (χ2n) is 5.59. The third-order valence-corrected chi connectivity index (χ3v) is 4.25. The van der Waals surface area contributed by atoms with Crippen LogP contribution in [-0.2, 0) is 0 Å². The van der Waals surface area contributed by atoms with Gasteiger partial charge in [0, 0.05) is 24.7 Å². The lowest BCUT2D eigenvalue weighted by Crippen LogP contribution is -2.43. The molecule has 1 saturated carbocycles. The number of hydrogen-bond acceptors (Lipinski definition) is 3. The fourth-order valence-corrected chi connectivity index (χ4v) is 2.84. The molecule has 2 atom stereocenters. The van der Waals surface area contributed by atoms with Gasteiger partial charge in [0.1, 0.15) is 0 Å². The van der Waals surface area contributed by atoms with Gasteiger partial charge in [-0.05, 0) is 59.8 Å². The summed E-state index contributed by atoms with van der Waals surface area (Å²) in [4.78, 5) is 5.33. The Balaban J connectivity index is 1.93. The van der Waals surface area contributed by atoms with Gasteiger partial charge in [-0.3, -0.25) is 4.90 Å². The average Bonchev–Trinajstić information content (AvgIpc) is 3.09. The number of rotatable bonds is 4. The molecule has 1 N–H and O–H groups in total. The summed E-state index contributed by atoms with van der Waals surface area (Å²) in [5.41, 5.74) is 0. The Morgan fingerprint density at radius 2 is 2.00 bits per heavy atom. The van der Waals surface area contributed by atoms with Crippen LogP contribution in [0.4, 0.5) is 0 Å². The molecule has 2 rings (SSSR count). The molecule has 1 aliphatic heterocycles. The van der Waals surface area contributed by atoms with Crippen LogP contribution >= 0.6 is 0 Å². The van der Waals surface area contributed by atoms with E-state index in [0.29, 0.717) is 0 Å². The molecule has 2 unspecified atom stereocenters. The van der Waals surface area contributed by atoms with E-state index < -0.39 is 0 Å². The lowest BCUT2D eigenvalue weighted by Gasteiger charge is -2.31. The minimum Gasteiger partial charge on any atom is -0.320 e. The third kappa shape index (κ3) is 2.96. The summed E-state index contributed by atoms with van der Waals surface area (Å²) in [6, 6.07) is 2.45. The first kappa shape index (κ1) is 12.3. The van der Waals surface area contributed by atoms with Gasteiger partial charge in [0.2, 0.25) is 0 Å². The predicted molar refractivity (Wildman–Crippen MR) is 68.8 cm³/mol. The molecule has 0 aromatic carbocycles. The first-order chi connectivity index (χ1) is 7.72. The van der Waals surface area contributed by atoms with E-state index in [0.717, 1.165) is 24.7 Å². The minimum absolute atomic E-state index is 0.748. The van der Waals surface area contributed by atoms with Gasteiger partial charge in [-0.1, -0.05) is 0 Å². The molecule has 2 aliphatic rings. The Hall–Kier alpha value is -0.120. The van der Waals surface area contributed by atoms with E-state index in [1.807, 2.05) is 0 Å². The quantitative estimate of drug-likeness (QED) is 0.774. The molecular weight excluding hydrogens is 198 g/mol. The van der Waals surface area contributed by atoms with E-state index >= 15 is 0 Å². The molecule has 94 valence electrons. The molecule has 0 radical (unpaired) electrons. The van der Waals surface area contributed by atoms with Crippen molar-refractivity contribution in [1.29, 1.82) is 0 Å². The fraction of sp³-hybridized carbons (Fsp3) is 1.00. The van der Waals surface area contributed by atoms with Gasteiger partial charge >= 0.3 is 0 Å². The summed E-state index contributed by atoms with van der Waals surface area (Å²) >= 11 is 0. The summed E-state index contributed by atoms with van der Waals surface area (Å²) in [6.07, 6.45) is 5.49. The predicted octanol–water partition coefficient (Wildman–Crippen LogP) is 1.15. The van der Waals surface area contributed by atoms with Gasteiger partial charge in [0.25, 0.3) is 0 Å². The second kappa shape index (κ2) is 5.48. The summed E-state index contributed by atoms with van der Waals surface area (Å²) in [6.45, 7) is 6.09. The topological polar surface area (TPSA) is 18.5 Å². The van der Waals surface area contributed by atoms with Crippen molar-refractivity contribution in [3.8, 4) is 0 Å². The monoisotopic (exact) mass is 225 g/mol. The van der Waals surface area contributed by atoms with E-state index in [1.165, 1.54) is 38.8 Å². The van der Waals surface area contributed by atoms with Crippen LogP contribution in [-0.4, -0.2) is 61.7 Å². The maximum Gasteiger partial charge on any atom is 0.0232 e. The van der Waals surface area contributed by atoms with Gasteiger partial charge in [-0.15, -0.1) is 0 Å². The smallest absolute Gasteiger partial charge is 0.0232 e. The molecule has 3 nitrogen and oxygen atoms in total. The van der Waals surface area contributed by atoms with Crippen molar-refractivity contribution in [2.45, 2.75) is 50.7 Å². The summed E-state index contributed by atoms with van der Waals surface area (Å²) in [5.74, 6) is 0. The SMILES string of the molecule is CNCCC1CN(C2CC2)C(C)CCN1C. The van der Waals surface area contributed by atoms with Crippen LogP contribution < -0.4 is 5.32 Å². The summed E-state index contributed by atoms with van der Waals surface area (Å²) in [5, 5.41) is 3.28. The van der Waals surface area contributed by atoms with Crippen molar-refractivity contribution in [2.24, 2.45) is 0 Å². The largest absolute Gasteiger partial charge is 0.320 e. The van der Waals surface area contributed by atoms with Crippen LogP contribution in [0.25, 0.3) is 0 Å². The molecule has 16 heavy (non-hydrogen) atoms. The zero-order chi connectivity index (χ0) is 11.5. The highest BCUT2D eigenvalue weighted by atomic mass is 15.3. The van der Waals surface area contributed by atoms with Gasteiger partial charge < -0.3 is 10.2 Å². The van der Waals surface area contributed by atoms with E-state index in [4.69, 9.17) is 0 Å². The summed E-state index contributed by atoms with van der Waals surface area (Å²) < 4.78 is 0. The molecule has 0 spiro atoms. The third-order valence-electron chi connectivity index (χ3n) is 4.25. The molecule has 2 fully saturated rings. The van der Waals surface area contributed by atoms with Gasteiger partial charge in [0.05, 0.1) is 0 Å². The molecule has 0 aromatic rings. The van der Waals surface area contributed by atoms with Crippen LogP contribution in [0, 0.1) is 0 Å². The number of nitrogens with one attached hydrogen (secondary N) is 1. The Kier molecular flexibility index (Phi) is 4.22. The Bertz CT molecular complexity index is 215. The maximum absolute atomic E-state index is 3.28. The molecule has 0 amide bonds. The second-order valence-corrected chi connectivity index (χ2v) is 5.59. The van der Waals surface area contributed by atoms with E-state index in [9.17, 15) is 0 Å². The van der Waals surface area contributed by atoms with E-state index in [-0.39, 0.29) is 0 Å². The molecular formula is C13H27N3. The summed E-state index contributed by atoms with van der Waals surface area (Å²) in [7, 11) is 4.35. The normalized spacial score (nSPS) is 33.9. The number of nitrogens with zero attached hydrogens (tertiary/aromatic N) is 2. The van der Waals surface area contributed by atoms with Crippen LogP contribution in [0.5, 0.6) is 0 Å². The Morgan fingerprint density at radius 1 is 1.25 bits per heavy atom. The van der Waals surface area contributed by atoms with Crippen molar-refractivity contribution in [2.75, 3.05) is 33.7 Å². The fourth-order valence-electron chi connectivity index (χ4n) is 2.84. The Labute approximate surface area is 100 Å². The molecule has 3 heteroatoms. The van der Waals surface area contributed by atoms with Crippen LogP contribution in [0.1, 0.15) is 32.6 Å². The van der Waals surface area contributed by atoms with Crippen LogP contribution in [0.2, 0.25) is 0 Å². The highest BCUT2D eigenvalue weighted by molar-refractivity contribution is 4.92. The highest BCUT2D eigenvalue weighted by Crippen LogP contribution is 2.31. The highest BCUT2D eigenvalue weighted by Gasteiger charge is 2.35. The zero-order valence-corrected chi connectivity index (χ0v) is 11.1. The standard InChI is InChI=1S/C13H27N3/c1-11-7-9-15(3)13(6-8-14-2)10-16(11)12-4-5-12/h11-14H,4-10H2,1-3H3. The minimum atomic E-state index is 0.748. The zero-order valence-electron chi connectivity index (χ0n) is 11.1. The average molecular weight is 225 g/mol. The lowest BCUT2D eigenvalue weighted by molar-refractivity contribution is 0.167. The first-order valence-electron chi connectivity index (χ1n) is 6.83. The van der Waals surface area contributed by atoms with Gasteiger partial charge in [-0.2, -0.15) is 0 Å². The van der Waals surface area contributed by atoms with Crippen molar-refractivity contribution in [1.82, 2.24) is 15.1 Å². The van der Waals surface area contributed by atoms with Crippen molar-refractivity contribution in [3.63, 3.8) is 0 Å². The molecule has 0 bridgehead atoms.